The van der Waals surface area contributed by atoms with Crippen molar-refractivity contribution in [1.29, 1.82) is 0 Å². The number of amides is 3. The molecule has 0 aliphatic carbocycles. The first-order chi connectivity index (χ1) is 18.7. The molecule has 1 atom stereocenters. The number of benzene rings is 3. The second kappa shape index (κ2) is 12.4. The van der Waals surface area contributed by atoms with E-state index in [1.165, 1.54) is 11.3 Å². The Kier molecular flexibility index (Phi) is 8.80. The fraction of sp³-hybridized carbons (Fsp3) is 0.143. The van der Waals surface area contributed by atoms with Gasteiger partial charge in [-0.2, -0.15) is 0 Å². The summed E-state index contributed by atoms with van der Waals surface area (Å²) in [4.78, 5) is 40.9. The van der Waals surface area contributed by atoms with Crippen molar-refractivity contribution in [3.63, 3.8) is 0 Å². The number of rotatable bonds is 9. The summed E-state index contributed by atoms with van der Waals surface area (Å²) in [5.41, 5.74) is 1.85. The Bertz CT molecular complexity index is 1480. The highest BCUT2D eigenvalue weighted by Gasteiger charge is 2.25. The highest BCUT2D eigenvalue weighted by Crippen LogP contribution is 2.32. The third kappa shape index (κ3) is 7.34. The molecule has 4 aromatic rings. The zero-order valence-corrected chi connectivity index (χ0v) is 22.5. The van der Waals surface area contributed by atoms with Gasteiger partial charge < -0.3 is 25.8 Å². The number of nitrogens with one attached hydrogen (secondary N) is 3. The molecule has 0 spiro atoms. The predicted molar refractivity (Wildman–Crippen MR) is 152 cm³/mol. The highest BCUT2D eigenvalue weighted by atomic mass is 35.5. The molecule has 0 saturated carbocycles. The number of carboxylic acid groups (broad SMARTS) is 1. The second-order valence-corrected chi connectivity index (χ2v) is 10.1. The molecule has 9 nitrogen and oxygen atoms in total. The Hall–Kier alpha value is -4.41. The Labute approximate surface area is 233 Å². The van der Waals surface area contributed by atoms with Crippen LogP contribution >= 0.6 is 22.9 Å². The molecule has 0 aliphatic rings. The molecule has 0 bridgehead atoms. The van der Waals surface area contributed by atoms with Gasteiger partial charge in [-0.05, 0) is 54.4 Å². The second-order valence-electron chi connectivity index (χ2n) is 8.78. The normalized spacial score (nSPS) is 11.5. The number of anilines is 2. The van der Waals surface area contributed by atoms with Crippen molar-refractivity contribution in [2.45, 2.75) is 19.9 Å². The van der Waals surface area contributed by atoms with Gasteiger partial charge in [0.15, 0.2) is 5.75 Å². The molecule has 4 N–H and O–H groups in total. The Morgan fingerprint density at radius 3 is 2.36 bits per heavy atom. The summed E-state index contributed by atoms with van der Waals surface area (Å²) in [6, 6.07) is 19.5. The van der Waals surface area contributed by atoms with Gasteiger partial charge in [-0.3, -0.25) is 4.79 Å². The van der Waals surface area contributed by atoms with Gasteiger partial charge in [0.2, 0.25) is 0 Å². The molecule has 0 fully saturated rings. The van der Waals surface area contributed by atoms with Crippen LogP contribution < -0.4 is 20.7 Å². The summed E-state index contributed by atoms with van der Waals surface area (Å²) < 4.78 is 5.88. The lowest BCUT2D eigenvalue weighted by Gasteiger charge is -2.16. The van der Waals surface area contributed by atoms with Crippen LogP contribution in [0.1, 0.15) is 24.3 Å². The Balaban J connectivity index is 1.39. The monoisotopic (exact) mass is 564 g/mol. The number of aromatic nitrogens is 1. The number of para-hydroxylation sites is 1. The summed E-state index contributed by atoms with van der Waals surface area (Å²) in [5, 5.41) is 20.0. The van der Waals surface area contributed by atoms with Crippen LogP contribution in [0.2, 0.25) is 5.02 Å². The van der Waals surface area contributed by atoms with E-state index in [1.807, 2.05) is 18.2 Å². The minimum Gasteiger partial charge on any atom is -0.480 e. The van der Waals surface area contributed by atoms with E-state index < -0.39 is 23.9 Å². The van der Waals surface area contributed by atoms with Crippen LogP contribution in [0.15, 0.2) is 78.2 Å². The quantitative estimate of drug-likeness (QED) is 0.178. The Morgan fingerprint density at radius 1 is 0.974 bits per heavy atom. The van der Waals surface area contributed by atoms with Crippen LogP contribution in [0.4, 0.5) is 16.2 Å². The smallest absolute Gasteiger partial charge is 0.326 e. The maximum absolute atomic E-state index is 12.7. The molecule has 4 rings (SSSR count). The van der Waals surface area contributed by atoms with E-state index in [1.54, 1.807) is 73.8 Å². The van der Waals surface area contributed by atoms with E-state index in [9.17, 15) is 19.5 Å². The average molecular weight is 565 g/mol. The van der Waals surface area contributed by atoms with Gasteiger partial charge in [0.25, 0.3) is 5.91 Å². The van der Waals surface area contributed by atoms with E-state index in [0.29, 0.717) is 32.9 Å². The molecule has 1 aromatic heterocycles. The fourth-order valence-corrected chi connectivity index (χ4v) is 4.49. The van der Waals surface area contributed by atoms with E-state index in [2.05, 4.69) is 20.9 Å². The van der Waals surface area contributed by atoms with Crippen molar-refractivity contribution < 1.29 is 24.2 Å². The summed E-state index contributed by atoms with van der Waals surface area (Å²) in [6.45, 7) is 3.43. The number of halogens is 1. The number of ether oxygens (including phenoxy) is 1. The van der Waals surface area contributed by atoms with Crippen molar-refractivity contribution in [3.05, 3.63) is 88.9 Å². The number of carboxylic acids is 1. The van der Waals surface area contributed by atoms with Gasteiger partial charge in [-0.1, -0.05) is 43.6 Å². The van der Waals surface area contributed by atoms with Crippen molar-refractivity contribution in [1.82, 2.24) is 10.3 Å². The molecule has 11 heteroatoms. The SMILES string of the molecule is CC(C)[C@H](NC(=O)c1csc(-c2ccc(NC(=O)Nc3ccc(Cl)cc3Oc3ccccc3)cc2)n1)C(=O)O. The molecule has 0 aliphatic heterocycles. The molecule has 0 saturated heterocycles. The van der Waals surface area contributed by atoms with Gasteiger partial charge in [0.05, 0.1) is 5.69 Å². The molecule has 3 aromatic carbocycles. The molecule has 1 heterocycles. The van der Waals surface area contributed by atoms with E-state index in [0.717, 1.165) is 5.56 Å². The van der Waals surface area contributed by atoms with Gasteiger partial charge in [0.1, 0.15) is 22.5 Å². The summed E-state index contributed by atoms with van der Waals surface area (Å²) >= 11 is 7.38. The summed E-state index contributed by atoms with van der Waals surface area (Å²) in [5.74, 6) is -0.929. The average Bonchev–Trinajstić information content (AvgIpc) is 3.40. The number of nitrogens with zero attached hydrogens (tertiary/aromatic N) is 1. The maximum atomic E-state index is 12.7. The van der Waals surface area contributed by atoms with Crippen LogP contribution in [0.5, 0.6) is 11.5 Å². The minimum absolute atomic E-state index is 0.139. The minimum atomic E-state index is -1.10. The largest absolute Gasteiger partial charge is 0.480 e. The van der Waals surface area contributed by atoms with Crippen LogP contribution in [0.3, 0.4) is 0 Å². The first-order valence-corrected chi connectivity index (χ1v) is 13.2. The lowest BCUT2D eigenvalue weighted by molar-refractivity contribution is -0.140. The Morgan fingerprint density at radius 2 is 1.69 bits per heavy atom. The number of thiazole rings is 1. The van der Waals surface area contributed by atoms with Crippen LogP contribution in [0, 0.1) is 5.92 Å². The van der Waals surface area contributed by atoms with Gasteiger partial charge in [-0.25, -0.2) is 14.6 Å². The number of carbonyl (C=O) groups is 3. The summed E-state index contributed by atoms with van der Waals surface area (Å²) in [7, 11) is 0. The number of urea groups is 1. The third-order valence-electron chi connectivity index (χ3n) is 5.51. The zero-order chi connectivity index (χ0) is 27.9. The van der Waals surface area contributed by atoms with E-state index in [-0.39, 0.29) is 11.6 Å². The van der Waals surface area contributed by atoms with E-state index in [4.69, 9.17) is 16.3 Å². The topological polar surface area (TPSA) is 130 Å². The predicted octanol–water partition coefficient (Wildman–Crippen LogP) is 6.74. The maximum Gasteiger partial charge on any atom is 0.326 e. The number of hydrogen-bond acceptors (Lipinski definition) is 6. The van der Waals surface area contributed by atoms with Crippen molar-refractivity contribution in [2.75, 3.05) is 10.6 Å². The number of aliphatic carboxylic acids is 1. The van der Waals surface area contributed by atoms with Crippen molar-refractivity contribution in [2.24, 2.45) is 5.92 Å². The molecular weight excluding hydrogens is 540 g/mol. The molecule has 0 radical (unpaired) electrons. The first kappa shape index (κ1) is 27.6. The zero-order valence-electron chi connectivity index (χ0n) is 21.0. The van der Waals surface area contributed by atoms with Crippen LogP contribution in [-0.4, -0.2) is 34.0 Å². The lowest BCUT2D eigenvalue weighted by Crippen LogP contribution is -2.44. The van der Waals surface area contributed by atoms with Crippen molar-refractivity contribution >= 4 is 52.2 Å². The van der Waals surface area contributed by atoms with Gasteiger partial charge in [-0.15, -0.1) is 11.3 Å². The van der Waals surface area contributed by atoms with Crippen molar-refractivity contribution in [3.8, 4) is 22.1 Å². The standard InChI is InChI=1S/C28H25ClN4O5S/c1-16(2)24(27(35)36)33-25(34)22-15-39-26(31-22)17-8-11-19(12-9-17)30-28(37)32-21-13-10-18(29)14-23(21)38-20-6-4-3-5-7-20/h3-16,24H,1-2H3,(H,33,34)(H,35,36)(H2,30,32,37)/t24-/m0/s1. The lowest BCUT2D eigenvalue weighted by atomic mass is 10.0. The molecule has 39 heavy (non-hydrogen) atoms. The summed E-state index contributed by atoms with van der Waals surface area (Å²) in [6.07, 6.45) is 0. The molecule has 0 unspecified atom stereocenters. The molecule has 200 valence electrons. The highest BCUT2D eigenvalue weighted by molar-refractivity contribution is 7.13. The van der Waals surface area contributed by atoms with E-state index >= 15 is 0 Å². The number of carbonyl (C=O) groups excluding carboxylic acids is 2. The number of hydrogen-bond donors (Lipinski definition) is 4. The van der Waals surface area contributed by atoms with Crippen LogP contribution in [-0.2, 0) is 4.79 Å². The third-order valence-corrected chi connectivity index (χ3v) is 6.64. The fourth-order valence-electron chi connectivity index (χ4n) is 3.52. The first-order valence-electron chi connectivity index (χ1n) is 11.9. The molecule has 3 amide bonds. The van der Waals surface area contributed by atoms with Gasteiger partial charge in [0, 0.05) is 27.7 Å². The van der Waals surface area contributed by atoms with Gasteiger partial charge >= 0.3 is 12.0 Å². The van der Waals surface area contributed by atoms with Crippen LogP contribution in [0.25, 0.3) is 10.6 Å². The molecular formula is C28H25ClN4O5S.